The quantitative estimate of drug-likeness (QED) is 0.595. The van der Waals surface area contributed by atoms with E-state index in [1.807, 2.05) is 26.1 Å². The van der Waals surface area contributed by atoms with Crippen molar-refractivity contribution in [3.05, 3.63) is 23.9 Å². The third-order valence-corrected chi connectivity index (χ3v) is 1.25. The van der Waals surface area contributed by atoms with Crippen LogP contribution in [0.4, 0.5) is 5.82 Å². The van der Waals surface area contributed by atoms with Crippen molar-refractivity contribution in [2.24, 2.45) is 0 Å². The zero-order valence-corrected chi connectivity index (χ0v) is 6.18. The van der Waals surface area contributed by atoms with Crippen LogP contribution < -0.4 is 10.9 Å². The van der Waals surface area contributed by atoms with Crippen molar-refractivity contribution in [3.8, 4) is 0 Å². The van der Waals surface area contributed by atoms with Crippen LogP contribution in [0.1, 0.15) is 5.56 Å². The Morgan fingerprint density at radius 1 is 1.50 bits per heavy atom. The van der Waals surface area contributed by atoms with Gasteiger partial charge in [-0.2, -0.15) is 0 Å². The van der Waals surface area contributed by atoms with Crippen LogP contribution in [0.5, 0.6) is 0 Å². The predicted molar refractivity (Wildman–Crippen MR) is 41.7 cm³/mol. The Morgan fingerprint density at radius 2 is 2.30 bits per heavy atom. The number of pyridine rings is 1. The average Bonchev–Trinajstić information content (AvgIpc) is 1.94. The standard InChI is InChI=1S/C7H11N3/c1-6-4-3-5-9-7(6)10-8-2/h3-5,8H,1-2H3,(H,9,10). The second kappa shape index (κ2) is 3.17. The Labute approximate surface area is 60.5 Å². The minimum absolute atomic E-state index is 0.880. The molecule has 0 fully saturated rings. The molecule has 0 saturated carbocycles. The van der Waals surface area contributed by atoms with Crippen LogP contribution in [0, 0.1) is 6.92 Å². The Bertz CT molecular complexity index is 210. The van der Waals surface area contributed by atoms with Crippen molar-refractivity contribution in [1.82, 2.24) is 10.4 Å². The molecule has 0 bridgehead atoms. The first-order chi connectivity index (χ1) is 4.84. The number of hydrogen-bond acceptors (Lipinski definition) is 3. The maximum absolute atomic E-state index is 4.09. The zero-order chi connectivity index (χ0) is 7.40. The number of hydrazine groups is 1. The molecule has 0 atom stereocenters. The summed E-state index contributed by atoms with van der Waals surface area (Å²) in [5, 5.41) is 0. The van der Waals surface area contributed by atoms with E-state index in [-0.39, 0.29) is 0 Å². The SMILES string of the molecule is CNNc1ncccc1C. The van der Waals surface area contributed by atoms with Crippen molar-refractivity contribution in [3.63, 3.8) is 0 Å². The molecule has 1 aromatic rings. The molecule has 3 nitrogen and oxygen atoms in total. The van der Waals surface area contributed by atoms with Gasteiger partial charge in [-0.15, -0.1) is 0 Å². The summed E-state index contributed by atoms with van der Waals surface area (Å²) < 4.78 is 0. The minimum Gasteiger partial charge on any atom is -0.306 e. The lowest BCUT2D eigenvalue weighted by Crippen LogP contribution is -2.16. The lowest BCUT2D eigenvalue weighted by atomic mass is 10.3. The fourth-order valence-corrected chi connectivity index (χ4v) is 0.735. The molecule has 0 unspecified atom stereocenters. The highest BCUT2D eigenvalue weighted by Crippen LogP contribution is 2.06. The van der Waals surface area contributed by atoms with Crippen LogP contribution in [-0.4, -0.2) is 12.0 Å². The first-order valence-corrected chi connectivity index (χ1v) is 3.19. The van der Waals surface area contributed by atoms with Crippen LogP contribution in [0.25, 0.3) is 0 Å². The van der Waals surface area contributed by atoms with Gasteiger partial charge in [0.15, 0.2) is 0 Å². The van der Waals surface area contributed by atoms with Gasteiger partial charge in [-0.25, -0.2) is 10.4 Å². The summed E-state index contributed by atoms with van der Waals surface area (Å²) in [7, 11) is 1.81. The maximum Gasteiger partial charge on any atom is 0.142 e. The van der Waals surface area contributed by atoms with Gasteiger partial charge in [0, 0.05) is 13.2 Å². The first kappa shape index (κ1) is 7.02. The van der Waals surface area contributed by atoms with E-state index in [4.69, 9.17) is 0 Å². The summed E-state index contributed by atoms with van der Waals surface area (Å²) in [5.74, 6) is 0.880. The smallest absolute Gasteiger partial charge is 0.142 e. The average molecular weight is 137 g/mol. The van der Waals surface area contributed by atoms with Gasteiger partial charge in [0.2, 0.25) is 0 Å². The number of rotatable bonds is 2. The molecule has 0 radical (unpaired) electrons. The molecule has 1 rings (SSSR count). The predicted octanol–water partition coefficient (Wildman–Crippen LogP) is 0.936. The van der Waals surface area contributed by atoms with Gasteiger partial charge >= 0.3 is 0 Å². The van der Waals surface area contributed by atoms with E-state index < -0.39 is 0 Å². The van der Waals surface area contributed by atoms with Crippen molar-refractivity contribution < 1.29 is 0 Å². The molecule has 0 aliphatic rings. The Kier molecular flexibility index (Phi) is 2.23. The maximum atomic E-state index is 4.09. The van der Waals surface area contributed by atoms with E-state index in [9.17, 15) is 0 Å². The number of hydrogen-bond donors (Lipinski definition) is 2. The highest BCUT2D eigenvalue weighted by molar-refractivity contribution is 5.41. The molecule has 54 valence electrons. The van der Waals surface area contributed by atoms with Crippen LogP contribution >= 0.6 is 0 Å². The number of nitrogens with zero attached hydrogens (tertiary/aromatic N) is 1. The highest BCUT2D eigenvalue weighted by atomic mass is 15.4. The van der Waals surface area contributed by atoms with Gasteiger partial charge in [-0.3, -0.25) is 0 Å². The summed E-state index contributed by atoms with van der Waals surface area (Å²) in [5.41, 5.74) is 6.86. The zero-order valence-electron chi connectivity index (χ0n) is 6.18. The molecular weight excluding hydrogens is 126 g/mol. The van der Waals surface area contributed by atoms with Gasteiger partial charge in [0.25, 0.3) is 0 Å². The molecule has 1 heterocycles. The molecule has 0 spiro atoms. The van der Waals surface area contributed by atoms with Gasteiger partial charge < -0.3 is 5.43 Å². The largest absolute Gasteiger partial charge is 0.306 e. The molecule has 3 heteroatoms. The van der Waals surface area contributed by atoms with Crippen molar-refractivity contribution in [2.75, 3.05) is 12.5 Å². The lowest BCUT2D eigenvalue weighted by Gasteiger charge is -2.04. The van der Waals surface area contributed by atoms with E-state index in [0.29, 0.717) is 0 Å². The fourth-order valence-electron chi connectivity index (χ4n) is 0.735. The van der Waals surface area contributed by atoms with Crippen LogP contribution in [0.3, 0.4) is 0 Å². The molecule has 1 aromatic heterocycles. The van der Waals surface area contributed by atoms with Crippen molar-refractivity contribution >= 4 is 5.82 Å². The van der Waals surface area contributed by atoms with Gasteiger partial charge in [-0.05, 0) is 18.6 Å². The number of aryl methyl sites for hydroxylation is 1. The van der Waals surface area contributed by atoms with E-state index in [0.717, 1.165) is 11.4 Å². The Hall–Kier alpha value is -1.09. The molecular formula is C7H11N3. The summed E-state index contributed by atoms with van der Waals surface area (Å²) in [6, 6.07) is 3.92. The van der Waals surface area contributed by atoms with E-state index in [1.165, 1.54) is 0 Å². The summed E-state index contributed by atoms with van der Waals surface area (Å²) in [4.78, 5) is 4.09. The first-order valence-electron chi connectivity index (χ1n) is 3.19. The second-order valence-electron chi connectivity index (χ2n) is 2.04. The molecule has 10 heavy (non-hydrogen) atoms. The van der Waals surface area contributed by atoms with Crippen molar-refractivity contribution in [1.29, 1.82) is 0 Å². The highest BCUT2D eigenvalue weighted by Gasteiger charge is 1.92. The van der Waals surface area contributed by atoms with E-state index in [2.05, 4.69) is 15.8 Å². The normalized spacial score (nSPS) is 9.40. The number of nitrogens with one attached hydrogen (secondary N) is 2. The van der Waals surface area contributed by atoms with Crippen molar-refractivity contribution in [2.45, 2.75) is 6.92 Å². The summed E-state index contributed by atoms with van der Waals surface area (Å²) in [6.07, 6.45) is 1.76. The van der Waals surface area contributed by atoms with E-state index in [1.54, 1.807) is 6.20 Å². The minimum atomic E-state index is 0.880. The molecule has 0 amide bonds. The molecule has 0 saturated heterocycles. The van der Waals surface area contributed by atoms with E-state index >= 15 is 0 Å². The number of aromatic nitrogens is 1. The summed E-state index contributed by atoms with van der Waals surface area (Å²) >= 11 is 0. The molecule has 2 N–H and O–H groups in total. The lowest BCUT2D eigenvalue weighted by molar-refractivity contribution is 0.959. The molecule has 0 aromatic carbocycles. The molecule has 0 aliphatic heterocycles. The van der Waals surface area contributed by atoms with Crippen LogP contribution in [-0.2, 0) is 0 Å². The Balaban J connectivity index is 2.81. The van der Waals surface area contributed by atoms with Crippen LogP contribution in [0.15, 0.2) is 18.3 Å². The monoisotopic (exact) mass is 137 g/mol. The van der Waals surface area contributed by atoms with Crippen LogP contribution in [0.2, 0.25) is 0 Å². The summed E-state index contributed by atoms with van der Waals surface area (Å²) in [6.45, 7) is 2.01. The fraction of sp³-hybridized carbons (Fsp3) is 0.286. The molecule has 0 aliphatic carbocycles. The third-order valence-electron chi connectivity index (χ3n) is 1.25. The van der Waals surface area contributed by atoms with Gasteiger partial charge in [-0.1, -0.05) is 6.07 Å². The topological polar surface area (TPSA) is 37.0 Å². The van der Waals surface area contributed by atoms with Gasteiger partial charge in [0.05, 0.1) is 0 Å². The second-order valence-corrected chi connectivity index (χ2v) is 2.04. The Morgan fingerprint density at radius 3 is 2.90 bits per heavy atom. The third kappa shape index (κ3) is 1.45. The number of anilines is 1. The van der Waals surface area contributed by atoms with Gasteiger partial charge in [0.1, 0.15) is 5.82 Å².